The van der Waals surface area contributed by atoms with Gasteiger partial charge in [0.1, 0.15) is 5.82 Å². The summed E-state index contributed by atoms with van der Waals surface area (Å²) in [6.45, 7) is 8.82. The van der Waals surface area contributed by atoms with Crippen LogP contribution in [0.15, 0.2) is 73.1 Å². The Kier molecular flexibility index (Phi) is 7.74. The lowest BCUT2D eigenvalue weighted by molar-refractivity contribution is -0.116. The van der Waals surface area contributed by atoms with E-state index in [0.717, 1.165) is 51.7 Å². The van der Waals surface area contributed by atoms with E-state index in [2.05, 4.69) is 63.0 Å². The van der Waals surface area contributed by atoms with Crippen molar-refractivity contribution in [1.82, 2.24) is 24.8 Å². The van der Waals surface area contributed by atoms with Crippen molar-refractivity contribution in [2.24, 2.45) is 0 Å². The van der Waals surface area contributed by atoms with Crippen LogP contribution in [0.3, 0.4) is 0 Å². The van der Waals surface area contributed by atoms with E-state index in [9.17, 15) is 4.79 Å². The van der Waals surface area contributed by atoms with Crippen LogP contribution < -0.4 is 10.6 Å². The minimum atomic E-state index is -0.150. The van der Waals surface area contributed by atoms with Crippen LogP contribution in [0.1, 0.15) is 59.2 Å². The molecule has 0 aliphatic carbocycles. The van der Waals surface area contributed by atoms with Crippen LogP contribution in [0.5, 0.6) is 0 Å². The molecule has 1 amide bonds. The van der Waals surface area contributed by atoms with Crippen molar-refractivity contribution in [3.05, 3.63) is 107 Å². The topological polar surface area (TPSA) is 75.1 Å². The van der Waals surface area contributed by atoms with Crippen LogP contribution >= 0.6 is 12.2 Å². The molecule has 1 fully saturated rings. The second-order valence-corrected chi connectivity index (χ2v) is 10.4. The molecule has 2 atom stereocenters. The molecule has 1 aliphatic heterocycles. The van der Waals surface area contributed by atoms with Crippen molar-refractivity contribution in [3.8, 4) is 5.82 Å². The molecule has 0 saturated carbocycles. The molecule has 4 aromatic rings. The first-order valence-corrected chi connectivity index (χ1v) is 13.8. The maximum absolute atomic E-state index is 13.1. The zero-order valence-electron chi connectivity index (χ0n) is 22.8. The van der Waals surface area contributed by atoms with Gasteiger partial charge in [0.2, 0.25) is 5.91 Å². The van der Waals surface area contributed by atoms with Crippen LogP contribution in [0.4, 0.5) is 5.69 Å². The van der Waals surface area contributed by atoms with Crippen LogP contribution in [0.2, 0.25) is 0 Å². The lowest BCUT2D eigenvalue weighted by atomic mass is 9.96. The molecule has 0 spiro atoms. The lowest BCUT2D eigenvalue weighted by Gasteiger charge is -2.28. The number of hydrogen-bond acceptors (Lipinski definition) is 4. The highest BCUT2D eigenvalue weighted by Crippen LogP contribution is 2.41. The predicted octanol–water partition coefficient (Wildman–Crippen LogP) is 5.76. The van der Waals surface area contributed by atoms with Crippen molar-refractivity contribution in [2.75, 3.05) is 11.9 Å². The summed E-state index contributed by atoms with van der Waals surface area (Å²) in [5.41, 5.74) is 7.33. The standard InChI is InChI=1S/C31H34N6OS/c1-5-23-10-6-7-11-25(23)34-28(38)15-17-36-30(29(35-31(36)39)26-12-8-9-16-32-26)24-18-21(3)37(22(24)4)27-14-13-20(2)19-33-27/h6-14,16,18-19,29-30H,5,15,17H2,1-4H3,(H,34,38)(H,35,39)/t29-,30-/m0/s1. The van der Waals surface area contributed by atoms with E-state index in [0.29, 0.717) is 18.1 Å². The number of benzene rings is 1. The summed E-state index contributed by atoms with van der Waals surface area (Å²) in [5.74, 6) is 0.846. The van der Waals surface area contributed by atoms with Gasteiger partial charge >= 0.3 is 0 Å². The highest BCUT2D eigenvalue weighted by atomic mass is 32.1. The van der Waals surface area contributed by atoms with Gasteiger partial charge < -0.3 is 20.1 Å². The third kappa shape index (κ3) is 5.43. The molecule has 0 bridgehead atoms. The smallest absolute Gasteiger partial charge is 0.226 e. The van der Waals surface area contributed by atoms with Gasteiger partial charge in [-0.1, -0.05) is 37.3 Å². The third-order valence-corrected chi connectivity index (χ3v) is 7.72. The Morgan fingerprint density at radius 1 is 1.05 bits per heavy atom. The van der Waals surface area contributed by atoms with E-state index in [1.165, 1.54) is 0 Å². The molecule has 5 rings (SSSR count). The molecule has 200 valence electrons. The number of aromatic nitrogens is 3. The van der Waals surface area contributed by atoms with Crippen molar-refractivity contribution in [2.45, 2.75) is 52.6 Å². The summed E-state index contributed by atoms with van der Waals surface area (Å²) in [6, 6.07) is 19.9. The van der Waals surface area contributed by atoms with Crippen LogP contribution in [0, 0.1) is 20.8 Å². The van der Waals surface area contributed by atoms with Gasteiger partial charge in [-0.05, 0) is 86.4 Å². The quantitative estimate of drug-likeness (QED) is 0.278. The van der Waals surface area contributed by atoms with E-state index in [4.69, 9.17) is 12.2 Å². The largest absolute Gasteiger partial charge is 0.352 e. The maximum atomic E-state index is 13.1. The van der Waals surface area contributed by atoms with Crippen LogP contribution in [0.25, 0.3) is 5.82 Å². The Bertz CT molecular complexity index is 1480. The number of anilines is 1. The third-order valence-electron chi connectivity index (χ3n) is 7.36. The zero-order chi connectivity index (χ0) is 27.5. The van der Waals surface area contributed by atoms with E-state index >= 15 is 0 Å². The molecule has 1 aromatic carbocycles. The van der Waals surface area contributed by atoms with Crippen molar-refractivity contribution in [3.63, 3.8) is 0 Å². The molecule has 7 nitrogen and oxygen atoms in total. The summed E-state index contributed by atoms with van der Waals surface area (Å²) in [4.78, 5) is 24.5. The fourth-order valence-electron chi connectivity index (χ4n) is 5.40. The highest BCUT2D eigenvalue weighted by Gasteiger charge is 2.41. The number of amides is 1. The van der Waals surface area contributed by atoms with Crippen LogP contribution in [-0.4, -0.2) is 37.0 Å². The molecule has 3 aromatic heterocycles. The molecule has 1 aliphatic rings. The van der Waals surface area contributed by atoms with Gasteiger partial charge in [-0.2, -0.15) is 0 Å². The van der Waals surface area contributed by atoms with Crippen LogP contribution in [-0.2, 0) is 11.2 Å². The summed E-state index contributed by atoms with van der Waals surface area (Å²) >= 11 is 5.84. The molecule has 1 saturated heterocycles. The summed E-state index contributed by atoms with van der Waals surface area (Å²) in [5, 5.41) is 7.22. The molecule has 39 heavy (non-hydrogen) atoms. The van der Waals surface area contributed by atoms with Gasteiger partial charge in [0, 0.05) is 42.4 Å². The molecular formula is C31H34N6OS. The molecule has 4 heterocycles. The monoisotopic (exact) mass is 538 g/mol. The number of carbonyl (C=O) groups is 1. The van der Waals surface area contributed by atoms with E-state index < -0.39 is 0 Å². The SMILES string of the molecule is CCc1ccccc1NC(=O)CCN1C(=S)N[C@@H](c2ccccn2)[C@@H]1c1cc(C)n(-c2ccc(C)cn2)c1C. The minimum absolute atomic E-state index is 0.0342. The van der Waals surface area contributed by atoms with E-state index in [1.807, 2.05) is 61.7 Å². The first kappa shape index (κ1) is 26.6. The number of nitrogens with zero attached hydrogens (tertiary/aromatic N) is 4. The first-order valence-electron chi connectivity index (χ1n) is 13.3. The summed E-state index contributed by atoms with van der Waals surface area (Å²) in [7, 11) is 0. The van der Waals surface area contributed by atoms with Gasteiger partial charge in [-0.15, -0.1) is 0 Å². The van der Waals surface area contributed by atoms with Crippen molar-refractivity contribution >= 4 is 28.9 Å². The lowest BCUT2D eigenvalue weighted by Crippen LogP contribution is -2.33. The molecular weight excluding hydrogens is 504 g/mol. The summed E-state index contributed by atoms with van der Waals surface area (Å²) < 4.78 is 2.18. The van der Waals surface area contributed by atoms with E-state index in [1.54, 1.807) is 6.20 Å². The van der Waals surface area contributed by atoms with Gasteiger partial charge in [-0.25, -0.2) is 4.98 Å². The second kappa shape index (κ2) is 11.4. The van der Waals surface area contributed by atoms with Crippen molar-refractivity contribution < 1.29 is 4.79 Å². The average molecular weight is 539 g/mol. The Morgan fingerprint density at radius 2 is 1.85 bits per heavy atom. The fraction of sp³-hybridized carbons (Fsp3) is 0.290. The fourth-order valence-corrected chi connectivity index (χ4v) is 5.73. The average Bonchev–Trinajstić information content (AvgIpc) is 3.43. The Labute approximate surface area is 235 Å². The number of aryl methyl sites for hydroxylation is 3. The van der Waals surface area contributed by atoms with Gasteiger partial charge in [0.25, 0.3) is 0 Å². The Morgan fingerprint density at radius 3 is 2.56 bits per heavy atom. The van der Waals surface area contributed by atoms with Gasteiger partial charge in [0.15, 0.2) is 5.11 Å². The number of hydrogen-bond donors (Lipinski definition) is 2. The molecule has 0 radical (unpaired) electrons. The van der Waals surface area contributed by atoms with Gasteiger partial charge in [0.05, 0.1) is 17.8 Å². The number of para-hydroxylation sites is 1. The highest BCUT2D eigenvalue weighted by molar-refractivity contribution is 7.80. The number of thiocarbonyl (C=S) groups is 1. The predicted molar refractivity (Wildman–Crippen MR) is 159 cm³/mol. The minimum Gasteiger partial charge on any atom is -0.352 e. The molecule has 2 N–H and O–H groups in total. The molecule has 8 heteroatoms. The summed E-state index contributed by atoms with van der Waals surface area (Å²) in [6.07, 6.45) is 4.86. The number of carbonyl (C=O) groups excluding carboxylic acids is 1. The normalized spacial score (nSPS) is 16.8. The molecule has 0 unspecified atom stereocenters. The number of nitrogens with one attached hydrogen (secondary N) is 2. The van der Waals surface area contributed by atoms with E-state index in [-0.39, 0.29) is 18.0 Å². The Hall–Kier alpha value is -4.04. The Balaban J connectivity index is 1.46. The number of pyridine rings is 2. The number of rotatable bonds is 8. The second-order valence-electron chi connectivity index (χ2n) is 9.98. The van der Waals surface area contributed by atoms with Crippen molar-refractivity contribution in [1.29, 1.82) is 0 Å². The first-order chi connectivity index (χ1) is 18.9. The zero-order valence-corrected chi connectivity index (χ0v) is 23.6. The maximum Gasteiger partial charge on any atom is 0.226 e. The van der Waals surface area contributed by atoms with Gasteiger partial charge in [-0.3, -0.25) is 9.78 Å².